The fraction of sp³-hybridized carbons (Fsp3) is 0.145. The van der Waals surface area contributed by atoms with Crippen LogP contribution in [0.2, 0.25) is 0 Å². The molecule has 0 unspecified atom stereocenters. The summed E-state index contributed by atoms with van der Waals surface area (Å²) in [6.07, 6.45) is 1.76. The van der Waals surface area contributed by atoms with Crippen molar-refractivity contribution in [3.05, 3.63) is 292 Å². The number of hydrogen-bond acceptors (Lipinski definition) is 8. The smallest absolute Gasteiger partial charge is 0.244 e. The number of rotatable bonds is 22. The molecule has 10 heteroatoms. The van der Waals surface area contributed by atoms with E-state index in [0.717, 1.165) is 66.9 Å². The van der Waals surface area contributed by atoms with Crippen LogP contribution in [0.25, 0.3) is 17.0 Å². The van der Waals surface area contributed by atoms with Crippen LogP contribution in [0.4, 0.5) is 0 Å². The summed E-state index contributed by atoms with van der Waals surface area (Å²) in [6, 6.07) is 75.2. The Labute approximate surface area is 460 Å². The zero-order valence-corrected chi connectivity index (χ0v) is 43.6. The molecule has 2 heterocycles. The van der Waals surface area contributed by atoms with Crippen LogP contribution in [0.1, 0.15) is 67.8 Å². The van der Waals surface area contributed by atoms with Crippen molar-refractivity contribution in [1.82, 2.24) is 10.3 Å². The average molecular weight is 1050 g/mol. The predicted octanol–water partition coefficient (Wildman–Crippen LogP) is 14.1. The molecule has 0 fully saturated rings. The van der Waals surface area contributed by atoms with Crippen LogP contribution in [0.5, 0.6) is 34.5 Å². The van der Waals surface area contributed by atoms with Crippen molar-refractivity contribution in [2.75, 3.05) is 6.54 Å². The standard InChI is InChI=1S/C69H60N2O8/c72-64(37-28-48-26-31-55(32-27-48)74-43-49-16-6-1-7-17-49)70-39-38-60-59-36-35-57(76-45-51-20-10-3-11-21-51)40-61(59)71-67(60)66-65-62(78-47-53-24-14-5-15-25-53)41-58(77-46-52-22-12-4-13-23-52)42-63(65)79-69(68(66)73)54-29-33-56(34-30-54)75-44-50-18-8-2-9-19-50/h1-37,40-42,66,68-69,71,73H,38-39,43-47H2,(H,70,72)/b37-28+/t66-,68+,69-/m1/s1. The summed E-state index contributed by atoms with van der Waals surface area (Å²) in [4.78, 5) is 17.4. The minimum absolute atomic E-state index is 0.241. The number of aromatic nitrogens is 1. The van der Waals surface area contributed by atoms with Gasteiger partial charge in [-0.3, -0.25) is 4.79 Å². The van der Waals surface area contributed by atoms with E-state index >= 15 is 0 Å². The summed E-state index contributed by atoms with van der Waals surface area (Å²) < 4.78 is 38.9. The molecule has 9 aromatic carbocycles. The Morgan fingerprint density at radius 3 is 1.52 bits per heavy atom. The number of aromatic amines is 1. The average Bonchev–Trinajstić information content (AvgIpc) is 3.93. The van der Waals surface area contributed by atoms with Crippen LogP contribution >= 0.6 is 0 Å². The van der Waals surface area contributed by atoms with E-state index in [4.69, 9.17) is 28.4 Å². The fourth-order valence-corrected chi connectivity index (χ4v) is 9.87. The number of nitrogens with one attached hydrogen (secondary N) is 2. The van der Waals surface area contributed by atoms with Gasteiger partial charge in [-0.1, -0.05) is 176 Å². The molecule has 10 nitrogen and oxygen atoms in total. The maximum Gasteiger partial charge on any atom is 0.244 e. The normalized spacial score (nSPS) is 14.7. The van der Waals surface area contributed by atoms with Crippen LogP contribution in [0, 0.1) is 0 Å². The highest BCUT2D eigenvalue weighted by molar-refractivity contribution is 5.92. The quantitative estimate of drug-likeness (QED) is 0.0574. The maximum atomic E-state index is 13.6. The molecule has 3 N–H and O–H groups in total. The van der Waals surface area contributed by atoms with Crippen LogP contribution < -0.4 is 33.7 Å². The molecular formula is C69H60N2O8. The van der Waals surface area contributed by atoms with Crippen molar-refractivity contribution >= 4 is 22.9 Å². The summed E-state index contributed by atoms with van der Waals surface area (Å²) in [5.41, 5.74) is 9.91. The molecule has 1 amide bonds. The molecule has 0 bridgehead atoms. The SMILES string of the molecule is O=C(/C=C/c1ccc(OCc2ccccc2)cc1)NCCc1c([C@H]2c3c(OCc4ccccc4)cc(OCc4ccccc4)cc3O[C@H](c3ccc(OCc4ccccc4)cc3)[C@H]2O)[nH]c2cc(OCc3ccccc3)ccc12. The summed E-state index contributed by atoms with van der Waals surface area (Å²) in [7, 11) is 0. The van der Waals surface area contributed by atoms with Crippen molar-refractivity contribution in [3.8, 4) is 34.5 Å². The van der Waals surface area contributed by atoms with Crippen molar-refractivity contribution in [3.63, 3.8) is 0 Å². The number of carbonyl (C=O) groups is 1. The highest BCUT2D eigenvalue weighted by atomic mass is 16.5. The van der Waals surface area contributed by atoms with Crippen LogP contribution in [-0.4, -0.2) is 28.6 Å². The summed E-state index contributed by atoms with van der Waals surface area (Å²) in [5, 5.41) is 17.2. The van der Waals surface area contributed by atoms with Crippen LogP contribution in [-0.2, 0) is 44.2 Å². The van der Waals surface area contributed by atoms with Crippen molar-refractivity contribution in [2.45, 2.75) is 57.6 Å². The number of amides is 1. The Morgan fingerprint density at radius 2 is 0.987 bits per heavy atom. The van der Waals surface area contributed by atoms with Crippen molar-refractivity contribution in [1.29, 1.82) is 0 Å². The topological polar surface area (TPSA) is 121 Å². The molecule has 0 aliphatic carbocycles. The number of H-pyrrole nitrogens is 1. The van der Waals surface area contributed by atoms with E-state index in [9.17, 15) is 9.90 Å². The lowest BCUT2D eigenvalue weighted by Gasteiger charge is -2.38. The molecule has 0 saturated heterocycles. The molecular weight excluding hydrogens is 985 g/mol. The first-order chi connectivity index (χ1) is 39.0. The molecule has 11 rings (SSSR count). The second-order valence-electron chi connectivity index (χ2n) is 19.4. The van der Waals surface area contributed by atoms with Gasteiger partial charge in [-0.15, -0.1) is 0 Å². The van der Waals surface area contributed by atoms with Gasteiger partial charge in [0.1, 0.15) is 73.6 Å². The number of aliphatic hydroxyl groups is 1. The van der Waals surface area contributed by atoms with Gasteiger partial charge in [-0.2, -0.15) is 0 Å². The summed E-state index contributed by atoms with van der Waals surface area (Å²) >= 11 is 0. The van der Waals surface area contributed by atoms with E-state index < -0.39 is 18.1 Å². The Balaban J connectivity index is 0.937. The first kappa shape index (κ1) is 51.6. The van der Waals surface area contributed by atoms with E-state index in [2.05, 4.69) is 10.3 Å². The van der Waals surface area contributed by atoms with E-state index in [-0.39, 0.29) is 12.5 Å². The molecule has 0 saturated carbocycles. The van der Waals surface area contributed by atoms with Crippen LogP contribution in [0.15, 0.2) is 237 Å². The number of fused-ring (bicyclic) bond motifs is 2. The second-order valence-corrected chi connectivity index (χ2v) is 19.4. The molecule has 3 atom stereocenters. The summed E-state index contributed by atoms with van der Waals surface area (Å²) in [6.45, 7) is 2.13. The van der Waals surface area contributed by atoms with Gasteiger partial charge in [0.05, 0.1) is 5.92 Å². The van der Waals surface area contributed by atoms with Crippen molar-refractivity contribution in [2.24, 2.45) is 0 Å². The minimum atomic E-state index is -1.15. The molecule has 0 spiro atoms. The fourth-order valence-electron chi connectivity index (χ4n) is 9.87. The highest BCUT2D eigenvalue weighted by Crippen LogP contribution is 2.52. The second kappa shape index (κ2) is 25.1. The molecule has 1 aliphatic rings. The Kier molecular flexibility index (Phi) is 16.4. The van der Waals surface area contributed by atoms with Gasteiger partial charge < -0.3 is 43.8 Å². The van der Waals surface area contributed by atoms with Gasteiger partial charge in [0.2, 0.25) is 5.91 Å². The number of ether oxygens (including phenoxy) is 6. The van der Waals surface area contributed by atoms with E-state index in [0.29, 0.717) is 73.7 Å². The van der Waals surface area contributed by atoms with E-state index in [1.54, 1.807) is 12.2 Å². The third kappa shape index (κ3) is 13.2. The van der Waals surface area contributed by atoms with Gasteiger partial charge in [0.15, 0.2) is 6.10 Å². The lowest BCUT2D eigenvalue weighted by Crippen LogP contribution is -2.36. The first-order valence-corrected chi connectivity index (χ1v) is 26.6. The van der Waals surface area contributed by atoms with Gasteiger partial charge in [0, 0.05) is 53.0 Å². The maximum absolute atomic E-state index is 13.6. The third-order valence-corrected chi connectivity index (χ3v) is 13.9. The number of hydrogen-bond donors (Lipinski definition) is 3. The molecule has 1 aliphatic heterocycles. The minimum Gasteiger partial charge on any atom is -0.489 e. The van der Waals surface area contributed by atoms with Crippen molar-refractivity contribution < 1.29 is 38.3 Å². The Bertz CT molecular complexity index is 3590. The number of aliphatic hydroxyl groups excluding tert-OH is 1. The van der Waals surface area contributed by atoms with Gasteiger partial charge in [-0.25, -0.2) is 0 Å². The largest absolute Gasteiger partial charge is 0.489 e. The number of benzene rings is 9. The molecule has 79 heavy (non-hydrogen) atoms. The zero-order chi connectivity index (χ0) is 53.6. The third-order valence-electron chi connectivity index (χ3n) is 13.9. The van der Waals surface area contributed by atoms with Gasteiger partial charge in [0.25, 0.3) is 0 Å². The Morgan fingerprint density at radius 1 is 0.519 bits per heavy atom. The van der Waals surface area contributed by atoms with E-state index in [1.165, 1.54) is 0 Å². The zero-order valence-electron chi connectivity index (χ0n) is 43.6. The molecule has 1 aromatic heterocycles. The Hall–Kier alpha value is -9.51. The summed E-state index contributed by atoms with van der Waals surface area (Å²) in [5.74, 6) is 2.68. The van der Waals surface area contributed by atoms with Gasteiger partial charge in [-0.05, 0) is 93.4 Å². The molecule has 10 aromatic rings. The lowest BCUT2D eigenvalue weighted by molar-refractivity contribution is -0.116. The van der Waals surface area contributed by atoms with E-state index in [1.807, 2.05) is 231 Å². The first-order valence-electron chi connectivity index (χ1n) is 26.6. The molecule has 0 radical (unpaired) electrons. The predicted molar refractivity (Wildman–Crippen MR) is 308 cm³/mol. The molecule has 394 valence electrons. The highest BCUT2D eigenvalue weighted by Gasteiger charge is 2.43. The lowest BCUT2D eigenvalue weighted by atomic mass is 9.80. The monoisotopic (exact) mass is 1040 g/mol. The number of carbonyl (C=O) groups excluding carboxylic acids is 1. The van der Waals surface area contributed by atoms with Crippen LogP contribution in [0.3, 0.4) is 0 Å². The van der Waals surface area contributed by atoms with Gasteiger partial charge >= 0.3 is 0 Å².